The molecule has 3 aromatic rings. The van der Waals surface area contributed by atoms with Gasteiger partial charge in [0.25, 0.3) is 0 Å². The third-order valence-corrected chi connectivity index (χ3v) is 6.83. The normalized spacial score (nSPS) is 16.1. The van der Waals surface area contributed by atoms with Crippen molar-refractivity contribution in [3.63, 3.8) is 0 Å². The van der Waals surface area contributed by atoms with Crippen LogP contribution in [0.2, 0.25) is 0 Å². The summed E-state index contributed by atoms with van der Waals surface area (Å²) >= 11 is 3.28. The Morgan fingerprint density at radius 1 is 1.18 bits per heavy atom. The van der Waals surface area contributed by atoms with Gasteiger partial charge in [-0.05, 0) is 37.3 Å². The molecule has 184 valence electrons. The molecule has 3 rings (SSSR count). The predicted octanol–water partition coefficient (Wildman–Crippen LogP) is 2.38. The first-order chi connectivity index (χ1) is 16.1. The molecule has 3 N–H and O–H groups in total. The lowest BCUT2D eigenvalue weighted by atomic mass is 10.1. The lowest BCUT2D eigenvalue weighted by Crippen LogP contribution is -2.43. The van der Waals surface area contributed by atoms with Gasteiger partial charge in [0.15, 0.2) is 22.9 Å². The standard InChI is InChI=1S/C21H21BrF3N3O5S/c1-11(30)19(10-29)33-21(34(32)14-4-2-3-13(22)7-14)18(31)9-28-8-17(26-27-28)12-5-15(23)20(25)16(24)6-12/h2-8,11,18-19,21,29-31H,9-10H2,1H3/t11-,18+,19?,21?,34?/m1/s1. The Balaban J connectivity index is 1.85. The Bertz CT molecular complexity index is 1140. The molecule has 0 aliphatic carbocycles. The van der Waals surface area contributed by atoms with Crippen molar-refractivity contribution in [3.8, 4) is 11.3 Å². The molecule has 0 fully saturated rings. The van der Waals surface area contributed by atoms with Crippen molar-refractivity contribution >= 4 is 26.7 Å². The molecule has 2 aromatic carbocycles. The molecule has 0 aliphatic heterocycles. The van der Waals surface area contributed by atoms with Gasteiger partial charge in [-0.25, -0.2) is 17.9 Å². The number of aliphatic hydroxyl groups is 3. The Morgan fingerprint density at radius 3 is 2.44 bits per heavy atom. The van der Waals surface area contributed by atoms with Crippen molar-refractivity contribution in [2.45, 2.75) is 42.1 Å². The molecule has 0 bridgehead atoms. The highest BCUT2D eigenvalue weighted by Crippen LogP contribution is 2.24. The van der Waals surface area contributed by atoms with E-state index in [1.807, 2.05) is 0 Å². The zero-order valence-corrected chi connectivity index (χ0v) is 20.1. The largest absolute Gasteiger partial charge is 0.394 e. The number of aliphatic hydroxyl groups excluding tert-OH is 3. The van der Waals surface area contributed by atoms with Crippen LogP contribution in [0, 0.1) is 17.5 Å². The number of nitrogens with zero attached hydrogens (tertiary/aromatic N) is 3. The summed E-state index contributed by atoms with van der Waals surface area (Å²) in [6.45, 7) is 0.476. The van der Waals surface area contributed by atoms with Gasteiger partial charge in [0.1, 0.15) is 17.9 Å². The first kappa shape index (κ1) is 26.4. The van der Waals surface area contributed by atoms with E-state index in [0.717, 1.165) is 16.8 Å². The average molecular weight is 564 g/mol. The van der Waals surface area contributed by atoms with Crippen LogP contribution in [0.5, 0.6) is 0 Å². The number of rotatable bonds is 10. The minimum absolute atomic E-state index is 0.00722. The SMILES string of the molecule is C[C@@H](O)C(CO)OC([C@@H](O)Cn1cc(-c2cc(F)c(F)c(F)c2)nn1)S(=O)c1cccc(Br)c1. The third-order valence-electron chi connectivity index (χ3n) is 4.77. The van der Waals surface area contributed by atoms with E-state index in [2.05, 4.69) is 26.2 Å². The number of halogens is 4. The van der Waals surface area contributed by atoms with Gasteiger partial charge in [0.2, 0.25) is 0 Å². The summed E-state index contributed by atoms with van der Waals surface area (Å²) in [5.74, 6) is -4.40. The van der Waals surface area contributed by atoms with E-state index < -0.39 is 58.6 Å². The van der Waals surface area contributed by atoms with Crippen LogP contribution in [0.4, 0.5) is 13.2 Å². The van der Waals surface area contributed by atoms with E-state index in [1.165, 1.54) is 13.1 Å². The number of aromatic nitrogens is 3. The first-order valence-electron chi connectivity index (χ1n) is 9.94. The van der Waals surface area contributed by atoms with Crippen molar-refractivity contribution in [1.82, 2.24) is 15.0 Å². The Labute approximate surface area is 203 Å². The van der Waals surface area contributed by atoms with Crippen LogP contribution in [-0.4, -0.2) is 64.9 Å². The summed E-state index contributed by atoms with van der Waals surface area (Å²) in [5, 5.41) is 37.8. The maximum atomic E-state index is 13.5. The van der Waals surface area contributed by atoms with E-state index in [1.54, 1.807) is 24.3 Å². The first-order valence-corrected chi connectivity index (χ1v) is 11.9. The molecule has 3 unspecified atom stereocenters. The van der Waals surface area contributed by atoms with E-state index in [9.17, 15) is 32.7 Å². The van der Waals surface area contributed by atoms with Crippen molar-refractivity contribution in [2.24, 2.45) is 0 Å². The van der Waals surface area contributed by atoms with Crippen LogP contribution in [0.3, 0.4) is 0 Å². The van der Waals surface area contributed by atoms with Gasteiger partial charge >= 0.3 is 0 Å². The lowest BCUT2D eigenvalue weighted by Gasteiger charge is -2.28. The maximum absolute atomic E-state index is 13.5. The smallest absolute Gasteiger partial charge is 0.194 e. The van der Waals surface area contributed by atoms with Crippen LogP contribution in [-0.2, 0) is 22.1 Å². The second-order valence-corrected chi connectivity index (χ2v) is 9.81. The second-order valence-electron chi connectivity index (χ2n) is 7.37. The summed E-state index contributed by atoms with van der Waals surface area (Å²) in [5.41, 5.74) is -1.46. The molecular weight excluding hydrogens is 543 g/mol. The predicted molar refractivity (Wildman–Crippen MR) is 119 cm³/mol. The van der Waals surface area contributed by atoms with E-state index in [0.29, 0.717) is 9.37 Å². The van der Waals surface area contributed by atoms with Gasteiger partial charge in [0, 0.05) is 14.9 Å². The third kappa shape index (κ3) is 6.29. The summed E-state index contributed by atoms with van der Waals surface area (Å²) in [4.78, 5) is 0.317. The van der Waals surface area contributed by atoms with E-state index >= 15 is 0 Å². The maximum Gasteiger partial charge on any atom is 0.194 e. The fourth-order valence-corrected chi connectivity index (χ4v) is 4.88. The molecule has 5 atom stereocenters. The molecule has 0 saturated heterocycles. The Hall–Kier alpha value is -2.16. The van der Waals surface area contributed by atoms with Gasteiger partial charge in [0.05, 0.1) is 36.3 Å². The molecule has 0 radical (unpaired) electrons. The highest BCUT2D eigenvalue weighted by atomic mass is 79.9. The Kier molecular flexibility index (Phi) is 8.95. The minimum Gasteiger partial charge on any atom is -0.394 e. The summed E-state index contributed by atoms with van der Waals surface area (Å²) in [7, 11) is -1.94. The van der Waals surface area contributed by atoms with Crippen molar-refractivity contribution < 1.29 is 37.4 Å². The fourth-order valence-electron chi connectivity index (χ4n) is 2.99. The molecule has 0 amide bonds. The van der Waals surface area contributed by atoms with Crippen molar-refractivity contribution in [3.05, 3.63) is 64.5 Å². The fraction of sp³-hybridized carbons (Fsp3) is 0.333. The summed E-state index contributed by atoms with van der Waals surface area (Å²) in [6, 6.07) is 8.00. The van der Waals surface area contributed by atoms with Gasteiger partial charge in [-0.15, -0.1) is 5.10 Å². The van der Waals surface area contributed by atoms with Gasteiger partial charge in [-0.2, -0.15) is 0 Å². The summed E-state index contributed by atoms with van der Waals surface area (Å²) < 4.78 is 60.9. The molecule has 0 saturated carbocycles. The van der Waals surface area contributed by atoms with E-state index in [-0.39, 0.29) is 17.8 Å². The monoisotopic (exact) mass is 563 g/mol. The number of hydrogen-bond donors (Lipinski definition) is 3. The zero-order chi connectivity index (χ0) is 25.0. The molecular formula is C21H21BrF3N3O5S. The highest BCUT2D eigenvalue weighted by molar-refractivity contribution is 9.10. The van der Waals surface area contributed by atoms with Gasteiger partial charge in [-0.3, -0.25) is 4.21 Å². The van der Waals surface area contributed by atoms with E-state index in [4.69, 9.17) is 4.74 Å². The lowest BCUT2D eigenvalue weighted by molar-refractivity contribution is -0.0988. The molecule has 0 aliphatic rings. The molecule has 1 aromatic heterocycles. The topological polar surface area (TPSA) is 118 Å². The second kappa shape index (κ2) is 11.5. The van der Waals surface area contributed by atoms with Gasteiger partial charge < -0.3 is 20.1 Å². The number of ether oxygens (including phenoxy) is 1. The number of hydrogen-bond acceptors (Lipinski definition) is 7. The van der Waals surface area contributed by atoms with Crippen LogP contribution in [0.15, 0.2) is 52.0 Å². The highest BCUT2D eigenvalue weighted by Gasteiger charge is 2.32. The molecule has 34 heavy (non-hydrogen) atoms. The van der Waals surface area contributed by atoms with Crippen molar-refractivity contribution in [2.75, 3.05) is 6.61 Å². The number of benzene rings is 2. The zero-order valence-electron chi connectivity index (χ0n) is 17.7. The minimum atomic E-state index is -1.94. The molecule has 13 heteroatoms. The quantitative estimate of drug-likeness (QED) is 0.324. The molecule has 1 heterocycles. The average Bonchev–Trinajstić information content (AvgIpc) is 3.25. The van der Waals surface area contributed by atoms with Crippen molar-refractivity contribution in [1.29, 1.82) is 0 Å². The van der Waals surface area contributed by atoms with Crippen LogP contribution >= 0.6 is 15.9 Å². The Morgan fingerprint density at radius 2 is 1.85 bits per heavy atom. The van der Waals surface area contributed by atoms with Gasteiger partial charge in [-0.1, -0.05) is 27.2 Å². The summed E-state index contributed by atoms with van der Waals surface area (Å²) in [6.07, 6.45) is -2.47. The molecule has 0 spiro atoms. The van der Waals surface area contributed by atoms with Crippen LogP contribution in [0.25, 0.3) is 11.3 Å². The van der Waals surface area contributed by atoms with Crippen LogP contribution in [0.1, 0.15) is 6.92 Å². The molecule has 8 nitrogen and oxygen atoms in total. The van der Waals surface area contributed by atoms with Crippen LogP contribution < -0.4 is 0 Å².